The zero-order valence-corrected chi connectivity index (χ0v) is 12.8. The van der Waals surface area contributed by atoms with Crippen molar-refractivity contribution >= 4 is 21.6 Å². The van der Waals surface area contributed by atoms with Crippen LogP contribution in [-0.4, -0.2) is 20.9 Å². The zero-order valence-electron chi connectivity index (χ0n) is 11.9. The first kappa shape index (κ1) is 16.9. The smallest absolute Gasteiger partial charge is 0.264 e. The van der Waals surface area contributed by atoms with E-state index < -0.39 is 32.5 Å². The molecule has 1 amide bonds. The van der Waals surface area contributed by atoms with E-state index in [1.165, 1.54) is 12.1 Å². The van der Waals surface area contributed by atoms with Gasteiger partial charge in [-0.25, -0.2) is 17.2 Å². The molecule has 0 aromatic heterocycles. The first-order valence-corrected chi connectivity index (χ1v) is 8.07. The second kappa shape index (κ2) is 6.74. The van der Waals surface area contributed by atoms with Crippen LogP contribution in [0.15, 0.2) is 53.4 Å². The van der Waals surface area contributed by atoms with Crippen LogP contribution in [0.5, 0.6) is 0 Å². The standard InChI is InChI=1S/C15H14F2N2O3S/c16-13-7-6-12(10-14(13)17)23(21,22)19(9-8-15(18)20)11-4-2-1-3-5-11/h1-7,10H,8-9H2,(H2,18,20). The molecule has 0 fully saturated rings. The number of sulfonamides is 1. The van der Waals surface area contributed by atoms with Crippen molar-refractivity contribution in [2.75, 3.05) is 10.8 Å². The normalized spacial score (nSPS) is 11.2. The van der Waals surface area contributed by atoms with Crippen LogP contribution < -0.4 is 10.0 Å². The van der Waals surface area contributed by atoms with E-state index in [4.69, 9.17) is 5.73 Å². The SMILES string of the molecule is NC(=O)CCN(c1ccccc1)S(=O)(=O)c1ccc(F)c(F)c1. The minimum absolute atomic E-state index is 0.208. The Hall–Kier alpha value is -2.48. The molecule has 0 heterocycles. The number of hydrogen-bond donors (Lipinski definition) is 1. The highest BCUT2D eigenvalue weighted by Gasteiger charge is 2.26. The highest BCUT2D eigenvalue weighted by Crippen LogP contribution is 2.24. The van der Waals surface area contributed by atoms with Gasteiger partial charge in [0.05, 0.1) is 10.6 Å². The van der Waals surface area contributed by atoms with E-state index in [0.717, 1.165) is 16.4 Å². The fourth-order valence-electron chi connectivity index (χ4n) is 1.96. The molecule has 2 rings (SSSR count). The van der Waals surface area contributed by atoms with Gasteiger partial charge in [-0.05, 0) is 30.3 Å². The molecule has 2 aromatic rings. The third-order valence-corrected chi connectivity index (χ3v) is 4.91. The van der Waals surface area contributed by atoms with E-state index in [-0.39, 0.29) is 13.0 Å². The summed E-state index contributed by atoms with van der Waals surface area (Å²) in [5.74, 6) is -3.09. The van der Waals surface area contributed by atoms with E-state index in [0.29, 0.717) is 11.8 Å². The van der Waals surface area contributed by atoms with E-state index >= 15 is 0 Å². The van der Waals surface area contributed by atoms with Crippen molar-refractivity contribution in [3.63, 3.8) is 0 Å². The number of carbonyl (C=O) groups excluding carboxylic acids is 1. The number of rotatable bonds is 6. The molecule has 2 aromatic carbocycles. The van der Waals surface area contributed by atoms with Gasteiger partial charge < -0.3 is 5.73 Å². The summed E-state index contributed by atoms with van der Waals surface area (Å²) in [5.41, 5.74) is 5.37. The number of anilines is 1. The van der Waals surface area contributed by atoms with Crippen LogP contribution in [-0.2, 0) is 14.8 Å². The molecular weight excluding hydrogens is 326 g/mol. The number of para-hydroxylation sites is 1. The fraction of sp³-hybridized carbons (Fsp3) is 0.133. The predicted octanol–water partition coefficient (Wildman–Crippen LogP) is 2.04. The average Bonchev–Trinajstić information content (AvgIpc) is 2.50. The maximum atomic E-state index is 13.4. The third kappa shape index (κ3) is 3.84. The first-order chi connectivity index (χ1) is 10.8. The number of nitrogens with zero attached hydrogens (tertiary/aromatic N) is 1. The van der Waals surface area contributed by atoms with E-state index in [1.54, 1.807) is 18.2 Å². The average molecular weight is 340 g/mol. The van der Waals surface area contributed by atoms with Crippen molar-refractivity contribution < 1.29 is 22.0 Å². The molecule has 122 valence electrons. The second-order valence-corrected chi connectivity index (χ2v) is 6.57. The van der Waals surface area contributed by atoms with Crippen LogP contribution in [0.25, 0.3) is 0 Å². The molecule has 5 nitrogen and oxygen atoms in total. The number of benzene rings is 2. The molecule has 0 bridgehead atoms. The Balaban J connectivity index is 2.47. The van der Waals surface area contributed by atoms with Gasteiger partial charge in [0, 0.05) is 13.0 Å². The Morgan fingerprint density at radius 2 is 1.70 bits per heavy atom. The number of nitrogens with two attached hydrogens (primary N) is 1. The van der Waals surface area contributed by atoms with Crippen molar-refractivity contribution in [1.29, 1.82) is 0 Å². The highest BCUT2D eigenvalue weighted by molar-refractivity contribution is 7.92. The summed E-state index contributed by atoms with van der Waals surface area (Å²) < 4.78 is 52.7. The van der Waals surface area contributed by atoms with Gasteiger partial charge in [0.2, 0.25) is 5.91 Å². The Bertz CT molecular complexity index is 811. The van der Waals surface area contributed by atoms with E-state index in [1.807, 2.05) is 0 Å². The molecular formula is C15H14F2N2O3S. The third-order valence-electron chi connectivity index (χ3n) is 3.08. The molecule has 0 aliphatic carbocycles. The molecule has 8 heteroatoms. The lowest BCUT2D eigenvalue weighted by molar-refractivity contribution is -0.117. The Morgan fingerprint density at radius 3 is 2.26 bits per heavy atom. The molecule has 0 aliphatic heterocycles. The van der Waals surface area contributed by atoms with Crippen LogP contribution in [0.1, 0.15) is 6.42 Å². The molecule has 0 saturated carbocycles. The largest absolute Gasteiger partial charge is 0.370 e. The molecule has 2 N–H and O–H groups in total. The van der Waals surface area contributed by atoms with Crippen molar-refractivity contribution in [2.24, 2.45) is 5.73 Å². The van der Waals surface area contributed by atoms with Gasteiger partial charge in [-0.1, -0.05) is 18.2 Å². The molecule has 0 atom stereocenters. The number of carbonyl (C=O) groups is 1. The van der Waals surface area contributed by atoms with E-state index in [2.05, 4.69) is 0 Å². The van der Waals surface area contributed by atoms with Crippen molar-refractivity contribution in [2.45, 2.75) is 11.3 Å². The van der Waals surface area contributed by atoms with Crippen molar-refractivity contribution in [3.05, 3.63) is 60.2 Å². The summed E-state index contributed by atoms with van der Waals surface area (Å²) in [6.07, 6.45) is -0.211. The summed E-state index contributed by atoms with van der Waals surface area (Å²) >= 11 is 0. The number of primary amides is 1. The maximum absolute atomic E-state index is 13.4. The summed E-state index contributed by atoms with van der Waals surface area (Å²) in [6, 6.07) is 10.3. The summed E-state index contributed by atoms with van der Waals surface area (Å²) in [4.78, 5) is 10.6. The topological polar surface area (TPSA) is 80.5 Å². The lowest BCUT2D eigenvalue weighted by Crippen LogP contribution is -2.34. The Morgan fingerprint density at radius 1 is 1.04 bits per heavy atom. The van der Waals surface area contributed by atoms with Gasteiger partial charge in [0.25, 0.3) is 10.0 Å². The van der Waals surface area contributed by atoms with E-state index in [9.17, 15) is 22.0 Å². The van der Waals surface area contributed by atoms with Crippen LogP contribution >= 0.6 is 0 Å². The summed E-state index contributed by atoms with van der Waals surface area (Å²) in [6.45, 7) is -0.208. The number of amides is 1. The number of halogens is 2. The quantitative estimate of drug-likeness (QED) is 0.874. The van der Waals surface area contributed by atoms with Gasteiger partial charge >= 0.3 is 0 Å². The van der Waals surface area contributed by atoms with Gasteiger partial charge in [-0.2, -0.15) is 0 Å². The van der Waals surface area contributed by atoms with Crippen molar-refractivity contribution in [1.82, 2.24) is 0 Å². The van der Waals surface area contributed by atoms with Crippen molar-refractivity contribution in [3.8, 4) is 0 Å². The summed E-state index contributed by atoms with van der Waals surface area (Å²) in [5, 5.41) is 0. The minimum Gasteiger partial charge on any atom is -0.370 e. The zero-order chi connectivity index (χ0) is 17.0. The molecule has 0 radical (unpaired) electrons. The van der Waals surface area contributed by atoms with Gasteiger partial charge in [-0.3, -0.25) is 9.10 Å². The van der Waals surface area contributed by atoms with Gasteiger partial charge in [0.15, 0.2) is 11.6 Å². The lowest BCUT2D eigenvalue weighted by atomic mass is 10.3. The molecule has 0 spiro atoms. The van der Waals surface area contributed by atoms with Gasteiger partial charge in [-0.15, -0.1) is 0 Å². The second-order valence-electron chi connectivity index (χ2n) is 4.70. The monoisotopic (exact) mass is 340 g/mol. The van der Waals surface area contributed by atoms with Gasteiger partial charge in [0.1, 0.15) is 0 Å². The minimum atomic E-state index is -4.17. The molecule has 0 saturated heterocycles. The van der Waals surface area contributed by atoms with Crippen LogP contribution in [0.3, 0.4) is 0 Å². The predicted molar refractivity (Wildman–Crippen MR) is 81.1 cm³/mol. The molecule has 0 aliphatic rings. The maximum Gasteiger partial charge on any atom is 0.264 e. The Labute approximate surface area is 132 Å². The first-order valence-electron chi connectivity index (χ1n) is 6.63. The van der Waals surface area contributed by atoms with Crippen LogP contribution in [0.2, 0.25) is 0 Å². The fourth-order valence-corrected chi connectivity index (χ4v) is 3.44. The highest BCUT2D eigenvalue weighted by atomic mass is 32.2. The Kier molecular flexibility index (Phi) is 4.95. The number of hydrogen-bond acceptors (Lipinski definition) is 3. The van der Waals surface area contributed by atoms with Crippen LogP contribution in [0, 0.1) is 11.6 Å². The summed E-state index contributed by atoms with van der Waals surface area (Å²) in [7, 11) is -4.17. The molecule has 0 unspecified atom stereocenters. The van der Waals surface area contributed by atoms with Crippen LogP contribution in [0.4, 0.5) is 14.5 Å². The molecule has 23 heavy (non-hydrogen) atoms. The lowest BCUT2D eigenvalue weighted by Gasteiger charge is -2.24.